The van der Waals surface area contributed by atoms with Crippen molar-refractivity contribution < 1.29 is 13.2 Å². The number of benzene rings is 1. The molecule has 0 saturated carbocycles. The van der Waals surface area contributed by atoms with Crippen LogP contribution in [0.25, 0.3) is 0 Å². The number of allylic oxidation sites excluding steroid dienone is 1. The lowest BCUT2D eigenvalue weighted by Gasteiger charge is -2.13. The highest BCUT2D eigenvalue weighted by molar-refractivity contribution is 8.15. The number of fused-ring (bicyclic) bond motifs is 1. The number of thioether (sulfide) groups is 1. The average Bonchev–Trinajstić information content (AvgIpc) is 3.15. The Morgan fingerprint density at radius 1 is 1.25 bits per heavy atom. The van der Waals surface area contributed by atoms with Gasteiger partial charge in [0.1, 0.15) is 0 Å². The molecule has 4 rings (SSSR count). The van der Waals surface area contributed by atoms with E-state index in [4.69, 9.17) is 0 Å². The molecular weight excluding hydrogens is 394 g/mol. The van der Waals surface area contributed by atoms with Crippen molar-refractivity contribution in [1.82, 2.24) is 5.32 Å². The van der Waals surface area contributed by atoms with Crippen molar-refractivity contribution in [3.8, 4) is 0 Å². The number of carbonyl (C=O) groups excluding carboxylic acids is 1. The average molecular weight is 420 g/mol. The second kappa shape index (κ2) is 8.29. The molecule has 2 heterocycles. The summed E-state index contributed by atoms with van der Waals surface area (Å²) in [7, 11) is -2.95. The number of aliphatic imine (C=N–C) groups is 1. The molecule has 2 aliphatic heterocycles. The Labute approximate surface area is 170 Å². The fourth-order valence-electron chi connectivity index (χ4n) is 3.85. The van der Waals surface area contributed by atoms with E-state index in [1.807, 2.05) is 18.2 Å². The molecule has 1 amide bonds. The van der Waals surface area contributed by atoms with E-state index in [0.717, 1.165) is 30.1 Å². The summed E-state index contributed by atoms with van der Waals surface area (Å²) in [5, 5.41) is 6.96. The van der Waals surface area contributed by atoms with Gasteiger partial charge in [0.15, 0.2) is 15.0 Å². The van der Waals surface area contributed by atoms with Gasteiger partial charge in [-0.15, -0.1) is 0 Å². The predicted octanol–water partition coefficient (Wildman–Crippen LogP) is 2.99. The monoisotopic (exact) mass is 419 g/mol. The highest BCUT2D eigenvalue weighted by atomic mass is 32.2. The molecule has 28 heavy (non-hydrogen) atoms. The van der Waals surface area contributed by atoms with Gasteiger partial charge in [-0.1, -0.05) is 29.5 Å². The molecule has 1 aromatic carbocycles. The van der Waals surface area contributed by atoms with Crippen LogP contribution in [0, 0.1) is 0 Å². The van der Waals surface area contributed by atoms with Crippen LogP contribution in [0.2, 0.25) is 0 Å². The second-order valence-corrected chi connectivity index (χ2v) is 10.9. The van der Waals surface area contributed by atoms with Crippen LogP contribution >= 0.6 is 11.8 Å². The molecule has 0 radical (unpaired) electrons. The van der Waals surface area contributed by atoms with Crippen molar-refractivity contribution in [3.63, 3.8) is 0 Å². The van der Waals surface area contributed by atoms with Gasteiger partial charge in [-0.2, -0.15) is 0 Å². The second-order valence-electron chi connectivity index (χ2n) is 7.55. The third kappa shape index (κ3) is 4.78. The molecule has 150 valence electrons. The largest absolute Gasteiger partial charge is 0.352 e. The number of hydrogen-bond acceptors (Lipinski definition) is 6. The van der Waals surface area contributed by atoms with E-state index in [2.05, 4.69) is 21.7 Å². The summed E-state index contributed by atoms with van der Waals surface area (Å²) < 4.78 is 23.3. The number of nitrogens with zero attached hydrogens (tertiary/aromatic N) is 1. The van der Waals surface area contributed by atoms with Crippen LogP contribution in [-0.4, -0.2) is 48.8 Å². The normalized spacial score (nSPS) is 25.6. The molecular formula is C20H25N3O3S2. The first-order chi connectivity index (χ1) is 13.5. The number of hydrogen-bond donors (Lipinski definition) is 2. The number of rotatable bonds is 5. The summed E-state index contributed by atoms with van der Waals surface area (Å²) in [6, 6.07) is 7.18. The van der Waals surface area contributed by atoms with Crippen molar-refractivity contribution in [2.24, 2.45) is 4.99 Å². The lowest BCUT2D eigenvalue weighted by Crippen LogP contribution is -2.25. The smallest absolute Gasteiger partial charge is 0.251 e. The Bertz CT molecular complexity index is 924. The Morgan fingerprint density at radius 3 is 2.93 bits per heavy atom. The zero-order valence-electron chi connectivity index (χ0n) is 15.7. The van der Waals surface area contributed by atoms with Crippen molar-refractivity contribution in [2.75, 3.05) is 23.4 Å². The summed E-state index contributed by atoms with van der Waals surface area (Å²) in [4.78, 5) is 16.9. The van der Waals surface area contributed by atoms with Gasteiger partial charge >= 0.3 is 0 Å². The lowest BCUT2D eigenvalue weighted by molar-refractivity contribution is 0.0954. The van der Waals surface area contributed by atoms with Crippen LogP contribution in [0.5, 0.6) is 0 Å². The summed E-state index contributed by atoms with van der Waals surface area (Å²) in [6.07, 6.45) is 8.06. The molecule has 1 saturated heterocycles. The molecule has 1 fully saturated rings. The predicted molar refractivity (Wildman–Crippen MR) is 115 cm³/mol. The Balaban J connectivity index is 1.32. The van der Waals surface area contributed by atoms with E-state index in [0.29, 0.717) is 12.1 Å². The number of nitrogens with one attached hydrogen (secondary N) is 2. The summed E-state index contributed by atoms with van der Waals surface area (Å²) in [5.41, 5.74) is 2.84. The fraction of sp³-hybridized carbons (Fsp3) is 0.500. The molecule has 1 aliphatic carbocycles. The molecule has 3 aliphatic rings. The van der Waals surface area contributed by atoms with Crippen LogP contribution in [-0.2, 0) is 9.84 Å². The first kappa shape index (κ1) is 19.5. The van der Waals surface area contributed by atoms with Gasteiger partial charge < -0.3 is 10.6 Å². The first-order valence-electron chi connectivity index (χ1n) is 9.77. The van der Waals surface area contributed by atoms with E-state index >= 15 is 0 Å². The van der Waals surface area contributed by atoms with Gasteiger partial charge in [0.2, 0.25) is 0 Å². The molecule has 0 bridgehead atoms. The maximum absolute atomic E-state index is 12.4. The van der Waals surface area contributed by atoms with E-state index < -0.39 is 9.84 Å². The third-order valence-electron chi connectivity index (χ3n) is 5.31. The van der Waals surface area contributed by atoms with Crippen LogP contribution in [0.15, 0.2) is 40.9 Å². The van der Waals surface area contributed by atoms with Crippen molar-refractivity contribution in [2.45, 2.75) is 43.4 Å². The third-order valence-corrected chi connectivity index (χ3v) is 8.45. The van der Waals surface area contributed by atoms with E-state index in [-0.39, 0.29) is 28.7 Å². The quantitative estimate of drug-likeness (QED) is 0.717. The fourth-order valence-corrected chi connectivity index (χ4v) is 7.52. The van der Waals surface area contributed by atoms with Gasteiger partial charge in [0.05, 0.1) is 17.5 Å². The number of carbonyl (C=O) groups is 1. The molecule has 0 unspecified atom stereocenters. The number of amides is 1. The molecule has 6 nitrogen and oxygen atoms in total. The molecule has 1 aromatic rings. The maximum Gasteiger partial charge on any atom is 0.251 e. The molecule has 2 N–H and O–H groups in total. The standard InChI is InChI=1S/C20H25N3O3S2/c24-19(21-10-9-14-5-2-1-3-6-14)15-7-4-8-16(11-15)22-20-23-17-12-28(25,26)13-18(17)27-20/h4-5,7-8,11,17-18H,1-3,6,9-10,12-13H2,(H,21,24)(H,22,23)/t17-,18+/m1/s1. The number of amidine groups is 1. The van der Waals surface area contributed by atoms with Gasteiger partial charge in [-0.3, -0.25) is 9.79 Å². The molecule has 8 heteroatoms. The highest BCUT2D eigenvalue weighted by Crippen LogP contribution is 2.34. The van der Waals surface area contributed by atoms with Crippen LogP contribution < -0.4 is 10.6 Å². The minimum Gasteiger partial charge on any atom is -0.352 e. The Hall–Kier alpha value is -1.80. The van der Waals surface area contributed by atoms with Gasteiger partial charge in [0, 0.05) is 23.0 Å². The van der Waals surface area contributed by atoms with E-state index in [1.54, 1.807) is 6.07 Å². The van der Waals surface area contributed by atoms with Crippen molar-refractivity contribution >= 4 is 38.4 Å². The van der Waals surface area contributed by atoms with Crippen LogP contribution in [0.1, 0.15) is 42.5 Å². The highest BCUT2D eigenvalue weighted by Gasteiger charge is 2.42. The SMILES string of the molecule is O=C(NCCC1=CCCCC1)c1cccc(NC2=N[C@@H]3CS(=O)(=O)C[C@@H]3S2)c1. The lowest BCUT2D eigenvalue weighted by atomic mass is 9.97. The van der Waals surface area contributed by atoms with Crippen molar-refractivity contribution in [3.05, 3.63) is 41.5 Å². The van der Waals surface area contributed by atoms with Crippen LogP contribution in [0.3, 0.4) is 0 Å². The summed E-state index contributed by atoms with van der Waals surface area (Å²) >= 11 is 1.48. The summed E-state index contributed by atoms with van der Waals surface area (Å²) in [6.45, 7) is 0.655. The summed E-state index contributed by atoms with van der Waals surface area (Å²) in [5.74, 6) is 0.244. The van der Waals surface area contributed by atoms with Gasteiger partial charge in [-0.25, -0.2) is 8.42 Å². The molecule has 0 spiro atoms. The Kier molecular flexibility index (Phi) is 5.78. The minimum absolute atomic E-state index is 0.00748. The topological polar surface area (TPSA) is 87.6 Å². The minimum atomic E-state index is -2.95. The molecule has 2 atom stereocenters. The van der Waals surface area contributed by atoms with E-state index in [9.17, 15) is 13.2 Å². The molecule has 0 aromatic heterocycles. The van der Waals surface area contributed by atoms with Crippen molar-refractivity contribution in [1.29, 1.82) is 0 Å². The van der Waals surface area contributed by atoms with Gasteiger partial charge in [-0.05, 0) is 50.3 Å². The number of sulfone groups is 1. The van der Waals surface area contributed by atoms with Crippen LogP contribution in [0.4, 0.5) is 5.69 Å². The zero-order valence-corrected chi connectivity index (χ0v) is 17.3. The first-order valence-corrected chi connectivity index (χ1v) is 12.5. The Morgan fingerprint density at radius 2 is 2.14 bits per heavy atom. The number of anilines is 1. The zero-order chi connectivity index (χ0) is 19.6. The van der Waals surface area contributed by atoms with Gasteiger partial charge in [0.25, 0.3) is 5.91 Å². The van der Waals surface area contributed by atoms with E-state index in [1.165, 1.54) is 30.2 Å². The maximum atomic E-state index is 12.4.